The summed E-state index contributed by atoms with van der Waals surface area (Å²) in [5.41, 5.74) is -0.916. The average molecular weight is 620 g/mol. The first kappa shape index (κ1) is 28.2. The van der Waals surface area contributed by atoms with Crippen LogP contribution >= 0.6 is 20.8 Å². The van der Waals surface area contributed by atoms with Gasteiger partial charge < -0.3 is 0 Å². The summed E-state index contributed by atoms with van der Waals surface area (Å²) in [7, 11) is 0. The molecule has 4 nitrogen and oxygen atoms in total. The number of anilines is 1. The van der Waals surface area contributed by atoms with Gasteiger partial charge in [0.05, 0.1) is 0 Å². The number of hydrogen-bond acceptors (Lipinski definition) is 3. The zero-order valence-corrected chi connectivity index (χ0v) is 25.2. The number of nitrogens with zero attached hydrogens (tertiary/aromatic N) is 1. The molecule has 1 amide bonds. The molecule has 0 aromatic heterocycles. The molecule has 1 aliphatic heterocycles. The Morgan fingerprint density at radius 3 is 1.75 bits per heavy atom. The summed E-state index contributed by atoms with van der Waals surface area (Å²) in [6, 6.07) is 34.6. The van der Waals surface area contributed by atoms with Crippen molar-refractivity contribution in [3.63, 3.8) is 0 Å². The first-order valence-corrected chi connectivity index (χ1v) is 17.6. The quantitative estimate of drug-likeness (QED) is 0.178. The van der Waals surface area contributed by atoms with Crippen LogP contribution in [0.2, 0.25) is 0 Å². The molecule has 1 aliphatic rings. The van der Waals surface area contributed by atoms with Crippen molar-refractivity contribution < 1.29 is 18.7 Å². The fourth-order valence-electron chi connectivity index (χ4n) is 5.69. The van der Waals surface area contributed by atoms with Gasteiger partial charge in [0, 0.05) is 0 Å². The second-order valence-electron chi connectivity index (χ2n) is 11.0. The number of esters is 1. The second-order valence-corrected chi connectivity index (χ2v) is 19.8. The van der Waals surface area contributed by atoms with E-state index in [0.29, 0.717) is 13.0 Å². The molecule has 1 unspecified atom stereocenters. The average Bonchev–Trinajstić information content (AvgIpc) is 3.35. The number of halogens is 2. The molecule has 40 heavy (non-hydrogen) atoms. The van der Waals surface area contributed by atoms with Gasteiger partial charge in [-0.15, -0.1) is 0 Å². The summed E-state index contributed by atoms with van der Waals surface area (Å²) in [6.45, 7) is 5.63. The Labute approximate surface area is 242 Å². The molecule has 1 heterocycles. The fourth-order valence-corrected chi connectivity index (χ4v) is 14.4. The molecule has 0 radical (unpaired) electrons. The monoisotopic (exact) mass is 619 g/mol. The van der Waals surface area contributed by atoms with Crippen molar-refractivity contribution in [1.29, 1.82) is 0 Å². The molecular weight excluding hydrogens is 588 g/mol. The Morgan fingerprint density at radius 2 is 1.32 bits per heavy atom. The summed E-state index contributed by atoms with van der Waals surface area (Å²) in [6.07, 6.45) is 0.522. The Hall–Kier alpha value is -3.34. The maximum absolute atomic E-state index is 15.6. The van der Waals surface area contributed by atoms with Gasteiger partial charge in [0.15, 0.2) is 0 Å². The molecule has 4 aromatic rings. The summed E-state index contributed by atoms with van der Waals surface area (Å²) in [5.74, 6) is -1.40. The topological polar surface area (TPSA) is 46.6 Å². The Kier molecular flexibility index (Phi) is 7.45. The van der Waals surface area contributed by atoms with Gasteiger partial charge in [0.2, 0.25) is 0 Å². The van der Waals surface area contributed by atoms with Crippen molar-refractivity contribution in [2.45, 2.75) is 38.5 Å². The minimum atomic E-state index is -3.61. The van der Waals surface area contributed by atoms with Crippen molar-refractivity contribution >= 4 is 54.3 Å². The van der Waals surface area contributed by atoms with E-state index in [4.69, 9.17) is 4.74 Å². The molecule has 0 saturated carbocycles. The van der Waals surface area contributed by atoms with Gasteiger partial charge in [0.1, 0.15) is 0 Å². The van der Waals surface area contributed by atoms with Gasteiger partial charge in [0.25, 0.3) is 0 Å². The number of hydrogen-bond donors (Lipinski definition) is 0. The molecule has 4 aromatic carbocycles. The van der Waals surface area contributed by atoms with E-state index in [1.54, 1.807) is 20.8 Å². The van der Waals surface area contributed by atoms with Crippen LogP contribution in [0.4, 0.5) is 10.1 Å². The van der Waals surface area contributed by atoms with Crippen molar-refractivity contribution in [3.05, 3.63) is 121 Å². The summed E-state index contributed by atoms with van der Waals surface area (Å²) < 4.78 is 21.0. The zero-order chi connectivity index (χ0) is 28.6. The zero-order valence-electron chi connectivity index (χ0n) is 22.8. The van der Waals surface area contributed by atoms with Gasteiger partial charge >= 0.3 is 243 Å². The molecule has 1 atom stereocenters. The van der Waals surface area contributed by atoms with Crippen LogP contribution in [0, 0.1) is 5.82 Å². The molecule has 5 rings (SSSR count). The first-order chi connectivity index (χ1) is 19.0. The molecule has 0 bridgehead atoms. The number of carbonyl (C=O) groups excluding carboxylic acids is 2. The van der Waals surface area contributed by atoms with Crippen molar-refractivity contribution in [2.24, 2.45) is 0 Å². The van der Waals surface area contributed by atoms with Crippen molar-refractivity contribution in [1.82, 2.24) is 0 Å². The van der Waals surface area contributed by atoms with Crippen LogP contribution in [0.15, 0.2) is 109 Å². The van der Waals surface area contributed by atoms with E-state index in [1.165, 1.54) is 17.0 Å². The molecule has 0 aliphatic carbocycles. The predicted octanol–water partition coefficient (Wildman–Crippen LogP) is 6.73. The van der Waals surface area contributed by atoms with Crippen LogP contribution in [-0.2, 0) is 9.53 Å². The third-order valence-corrected chi connectivity index (χ3v) is 18.2. The van der Waals surface area contributed by atoms with Crippen LogP contribution in [0.25, 0.3) is 0 Å². The summed E-state index contributed by atoms with van der Waals surface area (Å²) in [4.78, 5) is 28.6. The van der Waals surface area contributed by atoms with Gasteiger partial charge in [-0.2, -0.15) is 0 Å². The van der Waals surface area contributed by atoms with Crippen LogP contribution in [0.3, 0.4) is 0 Å². The van der Waals surface area contributed by atoms with Gasteiger partial charge in [-0.25, -0.2) is 0 Å². The number of rotatable bonds is 6. The van der Waals surface area contributed by atoms with E-state index in [-0.39, 0.29) is 17.2 Å². The SMILES string of the molecule is CC(C)(C)OC(=O)c1ccc(N2CCC(P(Br)(c3ccccc3)(c3ccccc3)c3ccccc3)C2=O)c(F)c1. The van der Waals surface area contributed by atoms with Crippen LogP contribution < -0.4 is 20.8 Å². The van der Waals surface area contributed by atoms with Crippen LogP contribution in [-0.4, -0.2) is 29.7 Å². The van der Waals surface area contributed by atoms with Crippen molar-refractivity contribution in [2.75, 3.05) is 11.4 Å². The third kappa shape index (κ3) is 4.67. The number of ether oxygens (including phenoxy) is 1. The van der Waals surface area contributed by atoms with E-state index >= 15 is 4.39 Å². The standard InChI is InChI=1S/C33H32BrFNO3P/c1-33(2,3)39-32(38)24-19-20-29(28(35)23-24)36-22-21-30(31(36)37)40(34,25-13-7-4-8-14-25,26-15-9-5-10-16-26)27-17-11-6-12-18-27/h4-20,23,30H,21-22H2,1-3H3. The number of benzene rings is 4. The molecule has 7 heteroatoms. The van der Waals surface area contributed by atoms with E-state index in [2.05, 4.69) is 51.9 Å². The minimum absolute atomic E-state index is 0.109. The molecule has 0 spiro atoms. The van der Waals surface area contributed by atoms with Gasteiger partial charge in [-0.3, -0.25) is 0 Å². The summed E-state index contributed by atoms with van der Waals surface area (Å²) >= 11 is 4.39. The third-order valence-electron chi connectivity index (χ3n) is 7.42. The molecular formula is C33H32BrFNO3P. The maximum atomic E-state index is 15.6. The van der Waals surface area contributed by atoms with Crippen LogP contribution in [0.1, 0.15) is 37.6 Å². The van der Waals surface area contributed by atoms with E-state index in [1.807, 2.05) is 54.6 Å². The molecule has 1 saturated heterocycles. The molecule has 0 N–H and O–H groups in total. The van der Waals surface area contributed by atoms with Crippen molar-refractivity contribution in [3.8, 4) is 0 Å². The Balaban J connectivity index is 1.64. The fraction of sp³-hybridized carbons (Fsp3) is 0.212. The Bertz CT molecular complexity index is 1440. The first-order valence-electron chi connectivity index (χ1n) is 13.3. The number of amides is 1. The van der Waals surface area contributed by atoms with E-state index in [9.17, 15) is 9.59 Å². The molecule has 206 valence electrons. The Morgan fingerprint density at radius 1 is 0.850 bits per heavy atom. The van der Waals surface area contributed by atoms with E-state index in [0.717, 1.165) is 22.0 Å². The summed E-state index contributed by atoms with van der Waals surface area (Å²) in [5, 5.41) is -0.504. The number of carbonyl (C=O) groups is 2. The predicted molar refractivity (Wildman–Crippen MR) is 166 cm³/mol. The molecule has 1 fully saturated rings. The van der Waals surface area contributed by atoms with Gasteiger partial charge in [-0.05, 0) is 0 Å². The van der Waals surface area contributed by atoms with E-state index < -0.39 is 28.4 Å². The van der Waals surface area contributed by atoms with Gasteiger partial charge in [-0.1, -0.05) is 0 Å². The normalized spacial score (nSPS) is 16.8. The van der Waals surface area contributed by atoms with Crippen LogP contribution in [0.5, 0.6) is 0 Å². The second kappa shape index (κ2) is 10.6.